The molecule has 0 saturated carbocycles. The van der Waals surface area contributed by atoms with E-state index in [1.807, 2.05) is 24.4 Å². The van der Waals surface area contributed by atoms with Crippen LogP contribution >= 0.6 is 11.3 Å². The largest absolute Gasteiger partial charge is 0.353 e. The number of piperidine rings is 1. The molecule has 1 aliphatic rings. The number of pyridine rings is 1. The number of ketones is 1. The number of aromatic nitrogens is 4. The lowest BCUT2D eigenvalue weighted by Gasteiger charge is -2.23. The molecule has 1 saturated heterocycles. The van der Waals surface area contributed by atoms with Crippen molar-refractivity contribution in [2.45, 2.75) is 25.7 Å². The molecule has 3 N–H and O–H groups in total. The Labute approximate surface area is 189 Å². The third kappa shape index (κ3) is 3.25. The minimum atomic E-state index is 0.0794. The number of aromatic amines is 2. The fraction of sp³-hybridized carbons (Fsp3) is 0.240. The van der Waals surface area contributed by atoms with Gasteiger partial charge in [-0.05, 0) is 80.7 Å². The van der Waals surface area contributed by atoms with Crippen molar-refractivity contribution in [2.24, 2.45) is 0 Å². The SMILES string of the molecule is CC(=O)c1ccc(-c2nccc3[nH]c(-c4n[nH]c5ccc(C6CCNCC6)cc45)cc23)s1. The molecule has 0 spiro atoms. The Morgan fingerprint density at radius 1 is 1.00 bits per heavy atom. The number of thiophene rings is 1. The minimum absolute atomic E-state index is 0.0794. The Morgan fingerprint density at radius 3 is 2.66 bits per heavy atom. The zero-order valence-electron chi connectivity index (χ0n) is 17.7. The number of rotatable bonds is 4. The summed E-state index contributed by atoms with van der Waals surface area (Å²) in [5.74, 6) is 0.673. The molecular formula is C25H23N5OS. The third-order valence-electron chi connectivity index (χ3n) is 6.39. The highest BCUT2D eigenvalue weighted by atomic mass is 32.1. The van der Waals surface area contributed by atoms with Gasteiger partial charge in [-0.15, -0.1) is 11.3 Å². The van der Waals surface area contributed by atoms with Crippen molar-refractivity contribution < 1.29 is 4.79 Å². The monoisotopic (exact) mass is 441 g/mol. The maximum Gasteiger partial charge on any atom is 0.169 e. The Bertz CT molecular complexity index is 1450. The van der Waals surface area contributed by atoms with Gasteiger partial charge in [0.15, 0.2) is 5.78 Å². The molecule has 1 aromatic carbocycles. The lowest BCUT2D eigenvalue weighted by atomic mass is 9.89. The first kappa shape index (κ1) is 19.4. The maximum absolute atomic E-state index is 11.7. The van der Waals surface area contributed by atoms with Crippen molar-refractivity contribution in [3.63, 3.8) is 0 Å². The van der Waals surface area contributed by atoms with Crippen molar-refractivity contribution in [2.75, 3.05) is 13.1 Å². The fourth-order valence-corrected chi connectivity index (χ4v) is 5.59. The van der Waals surface area contributed by atoms with Crippen LogP contribution in [-0.4, -0.2) is 39.0 Å². The first-order valence-electron chi connectivity index (χ1n) is 11.0. The van der Waals surface area contributed by atoms with E-state index in [-0.39, 0.29) is 5.78 Å². The van der Waals surface area contributed by atoms with Gasteiger partial charge in [-0.25, -0.2) is 0 Å². The number of nitrogens with one attached hydrogen (secondary N) is 3. The smallest absolute Gasteiger partial charge is 0.169 e. The summed E-state index contributed by atoms with van der Waals surface area (Å²) in [6, 6.07) is 14.6. The quantitative estimate of drug-likeness (QED) is 0.321. The summed E-state index contributed by atoms with van der Waals surface area (Å²) < 4.78 is 0. The van der Waals surface area contributed by atoms with Crippen molar-refractivity contribution in [3.8, 4) is 22.0 Å². The van der Waals surface area contributed by atoms with E-state index in [0.717, 1.165) is 61.7 Å². The summed E-state index contributed by atoms with van der Waals surface area (Å²) >= 11 is 1.48. The lowest BCUT2D eigenvalue weighted by Crippen LogP contribution is -2.26. The van der Waals surface area contributed by atoms with E-state index in [1.165, 1.54) is 29.7 Å². The lowest BCUT2D eigenvalue weighted by molar-refractivity contribution is 0.102. The maximum atomic E-state index is 11.7. The van der Waals surface area contributed by atoms with Gasteiger partial charge in [-0.1, -0.05) is 6.07 Å². The molecule has 32 heavy (non-hydrogen) atoms. The molecule has 0 radical (unpaired) electrons. The predicted molar refractivity (Wildman–Crippen MR) is 129 cm³/mol. The summed E-state index contributed by atoms with van der Waals surface area (Å²) in [6.07, 6.45) is 4.15. The van der Waals surface area contributed by atoms with Crippen LogP contribution in [0.25, 0.3) is 43.8 Å². The van der Waals surface area contributed by atoms with Gasteiger partial charge in [0.2, 0.25) is 0 Å². The number of hydrogen-bond donors (Lipinski definition) is 3. The third-order valence-corrected chi connectivity index (χ3v) is 7.58. The highest BCUT2D eigenvalue weighted by Gasteiger charge is 2.19. The van der Waals surface area contributed by atoms with E-state index >= 15 is 0 Å². The molecule has 7 heteroatoms. The Morgan fingerprint density at radius 2 is 1.84 bits per heavy atom. The minimum Gasteiger partial charge on any atom is -0.353 e. The molecule has 5 heterocycles. The van der Waals surface area contributed by atoms with Crippen LogP contribution in [0.5, 0.6) is 0 Å². The van der Waals surface area contributed by atoms with Crippen LogP contribution in [0.3, 0.4) is 0 Å². The van der Waals surface area contributed by atoms with Crippen molar-refractivity contribution in [3.05, 3.63) is 59.1 Å². The van der Waals surface area contributed by atoms with Gasteiger partial charge >= 0.3 is 0 Å². The number of carbonyl (C=O) groups excluding carboxylic acids is 1. The van der Waals surface area contributed by atoms with Crippen LogP contribution in [-0.2, 0) is 0 Å². The molecule has 0 aliphatic carbocycles. The molecule has 1 aliphatic heterocycles. The summed E-state index contributed by atoms with van der Waals surface area (Å²) in [6.45, 7) is 3.75. The van der Waals surface area contributed by atoms with E-state index < -0.39 is 0 Å². The topological polar surface area (TPSA) is 86.5 Å². The van der Waals surface area contributed by atoms with Crippen molar-refractivity contribution in [1.29, 1.82) is 0 Å². The number of carbonyl (C=O) groups is 1. The molecule has 0 amide bonds. The summed E-state index contributed by atoms with van der Waals surface area (Å²) in [7, 11) is 0. The van der Waals surface area contributed by atoms with E-state index in [2.05, 4.69) is 49.7 Å². The molecule has 4 aromatic heterocycles. The van der Waals surface area contributed by atoms with Gasteiger partial charge < -0.3 is 10.3 Å². The first-order valence-corrected chi connectivity index (χ1v) is 11.8. The molecule has 6 rings (SSSR count). The standard InChI is InChI=1S/C25H23N5OS/c1-14(31)22-4-5-23(32-22)25-18-13-21(28-19(18)8-11-27-25)24-17-12-16(2-3-20(17)29-30-24)15-6-9-26-10-7-15/h2-5,8,11-13,15,26,28H,6-7,9-10H2,1H3,(H,29,30). The molecule has 0 unspecified atom stereocenters. The zero-order chi connectivity index (χ0) is 21.7. The fourth-order valence-electron chi connectivity index (χ4n) is 4.68. The van der Waals surface area contributed by atoms with E-state index in [9.17, 15) is 4.79 Å². The number of hydrogen-bond acceptors (Lipinski definition) is 5. The molecule has 1 fully saturated rings. The Balaban J connectivity index is 1.44. The van der Waals surface area contributed by atoms with E-state index in [0.29, 0.717) is 5.92 Å². The predicted octanol–water partition coefficient (Wildman–Crippen LogP) is 5.50. The van der Waals surface area contributed by atoms with Gasteiger partial charge in [-0.3, -0.25) is 14.9 Å². The summed E-state index contributed by atoms with van der Waals surface area (Å²) in [5.41, 5.74) is 6.21. The molecular weight excluding hydrogens is 418 g/mol. The van der Waals surface area contributed by atoms with Crippen LogP contribution in [0.4, 0.5) is 0 Å². The van der Waals surface area contributed by atoms with Gasteiger partial charge in [0.1, 0.15) is 5.69 Å². The van der Waals surface area contributed by atoms with Crippen LogP contribution < -0.4 is 5.32 Å². The number of nitrogens with zero attached hydrogens (tertiary/aromatic N) is 2. The first-order chi connectivity index (χ1) is 15.7. The van der Waals surface area contributed by atoms with Crippen LogP contribution in [0, 0.1) is 0 Å². The Hall–Kier alpha value is -3.29. The van der Waals surface area contributed by atoms with Crippen LogP contribution in [0.15, 0.2) is 48.7 Å². The second-order valence-electron chi connectivity index (χ2n) is 8.43. The highest BCUT2D eigenvalue weighted by molar-refractivity contribution is 7.17. The summed E-state index contributed by atoms with van der Waals surface area (Å²) in [5, 5.41) is 13.5. The van der Waals surface area contributed by atoms with Crippen LogP contribution in [0.1, 0.15) is 40.9 Å². The van der Waals surface area contributed by atoms with Crippen LogP contribution in [0.2, 0.25) is 0 Å². The second kappa shape index (κ2) is 7.69. The normalized spacial score (nSPS) is 15.0. The number of H-pyrrole nitrogens is 2. The van der Waals surface area contributed by atoms with Crippen molar-refractivity contribution in [1.82, 2.24) is 25.5 Å². The number of Topliss-reactive ketones (excluding diaryl/α,β-unsaturated/α-hetero) is 1. The average Bonchev–Trinajstić information content (AvgIpc) is 3.56. The van der Waals surface area contributed by atoms with Crippen molar-refractivity contribution >= 4 is 38.9 Å². The van der Waals surface area contributed by atoms with Gasteiger partial charge in [0, 0.05) is 22.5 Å². The van der Waals surface area contributed by atoms with E-state index in [1.54, 1.807) is 6.92 Å². The van der Waals surface area contributed by atoms with E-state index in [4.69, 9.17) is 0 Å². The second-order valence-corrected chi connectivity index (χ2v) is 9.51. The number of fused-ring (bicyclic) bond motifs is 2. The molecule has 160 valence electrons. The highest BCUT2D eigenvalue weighted by Crippen LogP contribution is 2.36. The van der Waals surface area contributed by atoms with Gasteiger partial charge in [0.05, 0.1) is 26.7 Å². The average molecular weight is 442 g/mol. The number of benzene rings is 1. The molecule has 5 aromatic rings. The molecule has 0 atom stereocenters. The molecule has 0 bridgehead atoms. The Kier molecular flexibility index (Phi) is 4.66. The van der Waals surface area contributed by atoms with Gasteiger partial charge in [-0.2, -0.15) is 5.10 Å². The zero-order valence-corrected chi connectivity index (χ0v) is 18.6. The van der Waals surface area contributed by atoms with Gasteiger partial charge in [0.25, 0.3) is 0 Å². The molecule has 6 nitrogen and oxygen atoms in total. The summed E-state index contributed by atoms with van der Waals surface area (Å²) in [4.78, 5) is 21.6.